The van der Waals surface area contributed by atoms with Crippen molar-refractivity contribution in [2.75, 3.05) is 0 Å². The van der Waals surface area contributed by atoms with Crippen LogP contribution in [0.2, 0.25) is 0 Å². The lowest BCUT2D eigenvalue weighted by Gasteiger charge is -2.02. The Kier molecular flexibility index (Phi) is 2.15. The van der Waals surface area contributed by atoms with Crippen LogP contribution in [-0.2, 0) is 0 Å². The smallest absolute Gasteiger partial charge is 0.132 e. The van der Waals surface area contributed by atoms with Crippen LogP contribution >= 0.6 is 11.3 Å². The summed E-state index contributed by atoms with van der Waals surface area (Å²) in [6.07, 6.45) is 1.47. The molecular weight excluding hydrogens is 223 g/mol. The standard InChI is InChI=1S/C12H7FN2S/c13-10-4-2-1-3-8(10)11-9-5-6-16-12(9)15-7-14-11/h1-7H. The van der Waals surface area contributed by atoms with Gasteiger partial charge in [-0.2, -0.15) is 0 Å². The fraction of sp³-hybridized carbons (Fsp3) is 0. The molecule has 0 aliphatic rings. The molecule has 0 atom stereocenters. The summed E-state index contributed by atoms with van der Waals surface area (Å²) in [4.78, 5) is 9.19. The average Bonchev–Trinajstić information content (AvgIpc) is 2.77. The number of aromatic nitrogens is 2. The van der Waals surface area contributed by atoms with E-state index in [4.69, 9.17) is 0 Å². The third-order valence-electron chi connectivity index (χ3n) is 2.39. The lowest BCUT2D eigenvalue weighted by Crippen LogP contribution is -1.89. The monoisotopic (exact) mass is 230 g/mol. The zero-order chi connectivity index (χ0) is 11.0. The van der Waals surface area contributed by atoms with E-state index in [1.54, 1.807) is 18.2 Å². The van der Waals surface area contributed by atoms with E-state index in [1.807, 2.05) is 11.4 Å². The van der Waals surface area contributed by atoms with Crippen LogP contribution in [0.3, 0.4) is 0 Å². The maximum atomic E-state index is 13.7. The first-order valence-electron chi connectivity index (χ1n) is 4.79. The summed E-state index contributed by atoms with van der Waals surface area (Å²) in [5.74, 6) is -0.256. The number of rotatable bonds is 1. The molecule has 0 saturated heterocycles. The first-order valence-corrected chi connectivity index (χ1v) is 5.67. The fourth-order valence-corrected chi connectivity index (χ4v) is 2.39. The van der Waals surface area contributed by atoms with Gasteiger partial charge in [-0.15, -0.1) is 11.3 Å². The Labute approximate surface area is 95.4 Å². The molecule has 0 saturated carbocycles. The summed E-state index contributed by atoms with van der Waals surface area (Å²) in [6.45, 7) is 0. The maximum Gasteiger partial charge on any atom is 0.132 e. The van der Waals surface area contributed by atoms with Crippen molar-refractivity contribution < 1.29 is 4.39 Å². The number of hydrogen-bond donors (Lipinski definition) is 0. The number of hydrogen-bond acceptors (Lipinski definition) is 3. The Morgan fingerprint density at radius 2 is 1.94 bits per heavy atom. The Bertz CT molecular complexity index is 648. The normalized spacial score (nSPS) is 10.8. The van der Waals surface area contributed by atoms with Crippen LogP contribution in [0.4, 0.5) is 4.39 Å². The molecule has 1 aromatic carbocycles. The number of fused-ring (bicyclic) bond motifs is 1. The van der Waals surface area contributed by atoms with Gasteiger partial charge in [-0.1, -0.05) is 12.1 Å². The predicted octanol–water partition coefficient (Wildman–Crippen LogP) is 3.50. The topological polar surface area (TPSA) is 25.8 Å². The molecule has 2 heterocycles. The van der Waals surface area contributed by atoms with Crippen molar-refractivity contribution >= 4 is 21.6 Å². The molecular formula is C12H7FN2S. The highest BCUT2D eigenvalue weighted by atomic mass is 32.1. The molecule has 2 aromatic heterocycles. The summed E-state index contributed by atoms with van der Waals surface area (Å²) in [5.41, 5.74) is 1.18. The van der Waals surface area contributed by atoms with Crippen molar-refractivity contribution in [3.8, 4) is 11.3 Å². The fourth-order valence-electron chi connectivity index (χ4n) is 1.66. The predicted molar refractivity (Wildman–Crippen MR) is 62.8 cm³/mol. The minimum atomic E-state index is -0.256. The molecule has 0 N–H and O–H groups in total. The number of nitrogens with zero attached hydrogens (tertiary/aromatic N) is 2. The van der Waals surface area contributed by atoms with Gasteiger partial charge in [0, 0.05) is 10.9 Å². The Hall–Kier alpha value is -1.81. The second kappa shape index (κ2) is 3.64. The third-order valence-corrected chi connectivity index (χ3v) is 3.21. The molecule has 0 aliphatic heterocycles. The average molecular weight is 230 g/mol. The van der Waals surface area contributed by atoms with E-state index in [9.17, 15) is 4.39 Å². The molecule has 0 amide bonds. The molecule has 78 valence electrons. The Morgan fingerprint density at radius 1 is 1.06 bits per heavy atom. The van der Waals surface area contributed by atoms with Gasteiger partial charge in [0.25, 0.3) is 0 Å². The third kappa shape index (κ3) is 1.39. The zero-order valence-corrected chi connectivity index (χ0v) is 9.04. The van der Waals surface area contributed by atoms with Crippen LogP contribution in [0.25, 0.3) is 21.5 Å². The Morgan fingerprint density at radius 3 is 2.81 bits per heavy atom. The van der Waals surface area contributed by atoms with Crippen molar-refractivity contribution in [3.05, 3.63) is 47.9 Å². The van der Waals surface area contributed by atoms with Crippen molar-refractivity contribution in [3.63, 3.8) is 0 Å². The minimum Gasteiger partial charge on any atom is -0.235 e. The van der Waals surface area contributed by atoms with Gasteiger partial charge < -0.3 is 0 Å². The van der Waals surface area contributed by atoms with E-state index in [2.05, 4.69) is 9.97 Å². The zero-order valence-electron chi connectivity index (χ0n) is 8.22. The number of thiophene rings is 1. The lowest BCUT2D eigenvalue weighted by molar-refractivity contribution is 0.631. The quantitative estimate of drug-likeness (QED) is 0.639. The minimum absolute atomic E-state index is 0.256. The molecule has 0 aliphatic carbocycles. The van der Waals surface area contributed by atoms with Crippen molar-refractivity contribution in [1.82, 2.24) is 9.97 Å². The van der Waals surface area contributed by atoms with Crippen LogP contribution in [0.5, 0.6) is 0 Å². The van der Waals surface area contributed by atoms with Crippen LogP contribution in [0.15, 0.2) is 42.0 Å². The van der Waals surface area contributed by atoms with Gasteiger partial charge in [0.1, 0.15) is 17.0 Å². The van der Waals surface area contributed by atoms with Gasteiger partial charge in [-0.05, 0) is 23.6 Å². The molecule has 4 heteroatoms. The van der Waals surface area contributed by atoms with Gasteiger partial charge >= 0.3 is 0 Å². The van der Waals surface area contributed by atoms with Crippen LogP contribution in [-0.4, -0.2) is 9.97 Å². The maximum absolute atomic E-state index is 13.7. The highest BCUT2D eigenvalue weighted by molar-refractivity contribution is 7.16. The first-order chi connectivity index (χ1) is 7.86. The number of benzene rings is 1. The number of halogens is 1. The molecule has 0 fully saturated rings. The summed E-state index contributed by atoms with van der Waals surface area (Å²) >= 11 is 1.53. The first kappa shape index (κ1) is 9.42. The molecule has 3 aromatic rings. The molecule has 0 bridgehead atoms. The van der Waals surface area contributed by atoms with Crippen molar-refractivity contribution in [2.24, 2.45) is 0 Å². The molecule has 0 spiro atoms. The van der Waals surface area contributed by atoms with E-state index in [0.717, 1.165) is 10.2 Å². The summed E-state index contributed by atoms with van der Waals surface area (Å²) < 4.78 is 13.7. The van der Waals surface area contributed by atoms with E-state index < -0.39 is 0 Å². The van der Waals surface area contributed by atoms with Gasteiger partial charge in [-0.25, -0.2) is 14.4 Å². The summed E-state index contributed by atoms with van der Waals surface area (Å²) in [7, 11) is 0. The molecule has 16 heavy (non-hydrogen) atoms. The molecule has 0 unspecified atom stereocenters. The highest BCUT2D eigenvalue weighted by Gasteiger charge is 2.10. The highest BCUT2D eigenvalue weighted by Crippen LogP contribution is 2.29. The largest absolute Gasteiger partial charge is 0.235 e. The van der Waals surface area contributed by atoms with Gasteiger partial charge in [0.15, 0.2) is 0 Å². The van der Waals surface area contributed by atoms with E-state index in [0.29, 0.717) is 11.3 Å². The lowest BCUT2D eigenvalue weighted by atomic mass is 10.1. The molecule has 2 nitrogen and oxygen atoms in total. The molecule has 3 rings (SSSR count). The van der Waals surface area contributed by atoms with Gasteiger partial charge in [0.05, 0.1) is 5.69 Å². The second-order valence-electron chi connectivity index (χ2n) is 3.34. The van der Waals surface area contributed by atoms with E-state index >= 15 is 0 Å². The summed E-state index contributed by atoms with van der Waals surface area (Å²) in [5, 5.41) is 2.83. The van der Waals surface area contributed by atoms with Crippen LogP contribution in [0, 0.1) is 5.82 Å². The van der Waals surface area contributed by atoms with Gasteiger partial charge in [-0.3, -0.25) is 0 Å². The Balaban J connectivity index is 2.34. The van der Waals surface area contributed by atoms with Crippen molar-refractivity contribution in [1.29, 1.82) is 0 Å². The second-order valence-corrected chi connectivity index (χ2v) is 4.24. The van der Waals surface area contributed by atoms with Crippen LogP contribution < -0.4 is 0 Å². The van der Waals surface area contributed by atoms with Crippen molar-refractivity contribution in [2.45, 2.75) is 0 Å². The summed E-state index contributed by atoms with van der Waals surface area (Å²) in [6, 6.07) is 8.57. The van der Waals surface area contributed by atoms with Crippen LogP contribution in [0.1, 0.15) is 0 Å². The van der Waals surface area contributed by atoms with E-state index in [-0.39, 0.29) is 5.82 Å². The van der Waals surface area contributed by atoms with Gasteiger partial charge in [0.2, 0.25) is 0 Å². The SMILES string of the molecule is Fc1ccccc1-c1ncnc2sccc12. The molecule has 0 radical (unpaired) electrons. The van der Waals surface area contributed by atoms with E-state index in [1.165, 1.54) is 23.7 Å².